The van der Waals surface area contributed by atoms with Crippen LogP contribution in [0, 0.1) is 25.2 Å². The van der Waals surface area contributed by atoms with Gasteiger partial charge in [0.1, 0.15) is 11.1 Å². The lowest BCUT2D eigenvalue weighted by molar-refractivity contribution is -0.113. The predicted octanol–water partition coefficient (Wildman–Crippen LogP) is 4.97. The standard InChI is InChI=1S/C28H30N4O3S/c1-17-11-18(2)13-19(12-17)30-25(33)16-36-28-21(14-29)26(22-15-32(3)10-9-23(22)31-28)20-7-6-8-24(34-4)27(20)35-5/h6-8,11-13H,9-10,15-16H2,1-5H3,(H,30,33). The van der Waals surface area contributed by atoms with Gasteiger partial charge in [0.2, 0.25) is 5.91 Å². The third kappa shape index (κ3) is 5.32. The molecule has 2 heterocycles. The molecule has 0 bridgehead atoms. The first-order valence-corrected chi connectivity index (χ1v) is 12.7. The van der Waals surface area contributed by atoms with Crippen molar-refractivity contribution in [3.05, 3.63) is 64.3 Å². The summed E-state index contributed by atoms with van der Waals surface area (Å²) in [6.45, 7) is 5.54. The number of pyridine rings is 1. The Kier molecular flexibility index (Phi) is 7.82. The Morgan fingerprint density at radius 1 is 1.19 bits per heavy atom. The first kappa shape index (κ1) is 25.5. The number of thioether (sulfide) groups is 1. The van der Waals surface area contributed by atoms with Gasteiger partial charge in [-0.2, -0.15) is 5.26 Å². The molecule has 0 spiro atoms. The topological polar surface area (TPSA) is 87.5 Å². The van der Waals surface area contributed by atoms with Crippen LogP contribution in [0.15, 0.2) is 41.4 Å². The smallest absolute Gasteiger partial charge is 0.234 e. The highest BCUT2D eigenvalue weighted by atomic mass is 32.2. The quantitative estimate of drug-likeness (QED) is 0.456. The number of benzene rings is 2. The molecule has 1 aliphatic rings. The molecule has 1 aromatic heterocycles. The average Bonchev–Trinajstić information content (AvgIpc) is 2.85. The van der Waals surface area contributed by atoms with Crippen molar-refractivity contribution in [2.45, 2.75) is 31.8 Å². The third-order valence-electron chi connectivity index (χ3n) is 6.14. The number of hydrogen-bond donors (Lipinski definition) is 1. The van der Waals surface area contributed by atoms with Crippen LogP contribution in [0.2, 0.25) is 0 Å². The molecule has 4 rings (SSSR count). The van der Waals surface area contributed by atoms with Crippen LogP contribution in [0.5, 0.6) is 11.5 Å². The van der Waals surface area contributed by atoms with E-state index in [0.717, 1.165) is 52.2 Å². The largest absolute Gasteiger partial charge is 0.493 e. The van der Waals surface area contributed by atoms with E-state index in [9.17, 15) is 10.1 Å². The van der Waals surface area contributed by atoms with Gasteiger partial charge < -0.3 is 19.7 Å². The van der Waals surface area contributed by atoms with Crippen molar-refractivity contribution in [3.8, 4) is 28.7 Å². The van der Waals surface area contributed by atoms with Crippen molar-refractivity contribution in [1.29, 1.82) is 5.26 Å². The van der Waals surface area contributed by atoms with Crippen LogP contribution in [-0.4, -0.2) is 49.4 Å². The van der Waals surface area contributed by atoms with Gasteiger partial charge in [-0.05, 0) is 55.8 Å². The number of amides is 1. The number of ether oxygens (including phenoxy) is 2. The number of nitrogens with one attached hydrogen (secondary N) is 1. The number of rotatable bonds is 7. The van der Waals surface area contributed by atoms with Gasteiger partial charge in [0.25, 0.3) is 0 Å². The van der Waals surface area contributed by atoms with Crippen LogP contribution >= 0.6 is 11.8 Å². The monoisotopic (exact) mass is 502 g/mol. The van der Waals surface area contributed by atoms with E-state index < -0.39 is 0 Å². The molecular weight excluding hydrogens is 472 g/mol. The fourth-order valence-corrected chi connectivity index (χ4v) is 5.44. The maximum atomic E-state index is 12.8. The summed E-state index contributed by atoms with van der Waals surface area (Å²) in [7, 11) is 5.25. The van der Waals surface area contributed by atoms with Crippen LogP contribution in [0.25, 0.3) is 11.1 Å². The fourth-order valence-electron chi connectivity index (χ4n) is 4.64. The number of carbonyl (C=O) groups is 1. The summed E-state index contributed by atoms with van der Waals surface area (Å²) in [5.41, 5.74) is 6.92. The maximum absolute atomic E-state index is 12.8. The van der Waals surface area contributed by atoms with Gasteiger partial charge >= 0.3 is 0 Å². The summed E-state index contributed by atoms with van der Waals surface area (Å²) in [5, 5.41) is 13.8. The lowest BCUT2D eigenvalue weighted by Crippen LogP contribution is -2.28. The molecule has 7 nitrogen and oxygen atoms in total. The van der Waals surface area contributed by atoms with Gasteiger partial charge in [-0.25, -0.2) is 4.98 Å². The van der Waals surface area contributed by atoms with Crippen LogP contribution in [0.3, 0.4) is 0 Å². The molecule has 186 valence electrons. The molecular formula is C28H30N4O3S. The van der Waals surface area contributed by atoms with Crippen molar-refractivity contribution in [2.24, 2.45) is 0 Å². The average molecular weight is 503 g/mol. The molecule has 0 fully saturated rings. The van der Waals surface area contributed by atoms with Crippen molar-refractivity contribution >= 4 is 23.4 Å². The Hall–Kier alpha value is -3.54. The fraction of sp³-hybridized carbons (Fsp3) is 0.321. The Labute approximate surface area is 216 Å². The Bertz CT molecular complexity index is 1330. The van der Waals surface area contributed by atoms with Crippen LogP contribution in [-0.2, 0) is 17.8 Å². The highest BCUT2D eigenvalue weighted by Crippen LogP contribution is 2.44. The van der Waals surface area contributed by atoms with Gasteiger partial charge in [0.15, 0.2) is 11.5 Å². The van der Waals surface area contributed by atoms with Crippen molar-refractivity contribution < 1.29 is 14.3 Å². The Morgan fingerprint density at radius 2 is 1.94 bits per heavy atom. The number of likely N-dealkylation sites (N-methyl/N-ethyl adjacent to an activating group) is 1. The number of carbonyl (C=O) groups excluding carboxylic acids is 1. The minimum atomic E-state index is -0.145. The molecule has 3 aromatic rings. The summed E-state index contributed by atoms with van der Waals surface area (Å²) in [6, 6.07) is 14.0. The molecule has 0 saturated carbocycles. The Balaban J connectivity index is 1.73. The first-order valence-electron chi connectivity index (χ1n) is 11.7. The van der Waals surface area contributed by atoms with E-state index in [1.807, 2.05) is 44.2 Å². The molecule has 2 aromatic carbocycles. The van der Waals surface area contributed by atoms with E-state index in [2.05, 4.69) is 29.4 Å². The summed E-state index contributed by atoms with van der Waals surface area (Å²) < 4.78 is 11.3. The molecule has 0 aliphatic carbocycles. The van der Waals surface area contributed by atoms with Crippen molar-refractivity contribution in [3.63, 3.8) is 0 Å². The number of nitrogens with zero attached hydrogens (tertiary/aromatic N) is 3. The molecule has 0 saturated heterocycles. The number of para-hydroxylation sites is 1. The maximum Gasteiger partial charge on any atom is 0.234 e. The Morgan fingerprint density at radius 3 is 2.61 bits per heavy atom. The number of aryl methyl sites for hydroxylation is 2. The van der Waals surface area contributed by atoms with Gasteiger partial charge in [0.05, 0.1) is 25.5 Å². The number of aromatic nitrogens is 1. The lowest BCUT2D eigenvalue weighted by Gasteiger charge is -2.28. The van der Waals surface area contributed by atoms with Crippen LogP contribution in [0.4, 0.5) is 5.69 Å². The van der Waals surface area contributed by atoms with Crippen molar-refractivity contribution in [1.82, 2.24) is 9.88 Å². The second-order valence-corrected chi connectivity index (χ2v) is 9.91. The lowest BCUT2D eigenvalue weighted by atomic mass is 9.91. The third-order valence-corrected chi connectivity index (χ3v) is 7.11. The molecule has 1 N–H and O–H groups in total. The number of fused-ring (bicyclic) bond motifs is 1. The molecule has 0 atom stereocenters. The molecule has 1 amide bonds. The number of anilines is 1. The van der Waals surface area contributed by atoms with E-state index in [1.165, 1.54) is 11.8 Å². The summed E-state index contributed by atoms with van der Waals surface area (Å²) in [4.78, 5) is 19.9. The highest BCUT2D eigenvalue weighted by molar-refractivity contribution is 8.00. The predicted molar refractivity (Wildman–Crippen MR) is 143 cm³/mol. The number of nitriles is 1. The van der Waals surface area contributed by atoms with Gasteiger partial charge in [-0.3, -0.25) is 4.79 Å². The summed E-state index contributed by atoms with van der Waals surface area (Å²) >= 11 is 1.28. The zero-order chi connectivity index (χ0) is 25.8. The van der Waals surface area contributed by atoms with E-state index in [1.54, 1.807) is 14.2 Å². The van der Waals surface area contributed by atoms with E-state index in [4.69, 9.17) is 14.5 Å². The molecule has 0 radical (unpaired) electrons. The zero-order valence-corrected chi connectivity index (χ0v) is 22.1. The zero-order valence-electron chi connectivity index (χ0n) is 21.3. The van der Waals surface area contributed by atoms with Crippen molar-refractivity contribution in [2.75, 3.05) is 38.9 Å². The van der Waals surface area contributed by atoms with Crippen LogP contribution in [0.1, 0.15) is 27.9 Å². The molecule has 0 unspecified atom stereocenters. The highest BCUT2D eigenvalue weighted by Gasteiger charge is 2.27. The normalized spacial score (nSPS) is 13.0. The summed E-state index contributed by atoms with van der Waals surface area (Å²) in [5.74, 6) is 1.16. The minimum absolute atomic E-state index is 0.141. The molecule has 8 heteroatoms. The SMILES string of the molecule is COc1cccc(-c2c(C#N)c(SCC(=O)Nc3cc(C)cc(C)c3)nc3c2CN(C)CC3)c1OC. The second-order valence-electron chi connectivity index (χ2n) is 8.95. The van der Waals surface area contributed by atoms with Gasteiger partial charge in [0, 0.05) is 42.0 Å². The van der Waals surface area contributed by atoms with E-state index in [-0.39, 0.29) is 11.7 Å². The van der Waals surface area contributed by atoms with E-state index in [0.29, 0.717) is 28.6 Å². The number of methoxy groups -OCH3 is 2. The first-order chi connectivity index (χ1) is 17.3. The summed E-state index contributed by atoms with van der Waals surface area (Å²) in [6.07, 6.45) is 0.763. The number of hydrogen-bond acceptors (Lipinski definition) is 7. The minimum Gasteiger partial charge on any atom is -0.493 e. The molecule has 1 aliphatic heterocycles. The van der Waals surface area contributed by atoms with E-state index >= 15 is 0 Å². The van der Waals surface area contributed by atoms with Crippen LogP contribution < -0.4 is 14.8 Å². The second kappa shape index (κ2) is 11.0. The molecule has 36 heavy (non-hydrogen) atoms. The van der Waals surface area contributed by atoms with Gasteiger partial charge in [-0.1, -0.05) is 30.0 Å². The van der Waals surface area contributed by atoms with Gasteiger partial charge in [-0.15, -0.1) is 0 Å².